The van der Waals surface area contributed by atoms with Crippen LogP contribution in [-0.4, -0.2) is 45.0 Å². The summed E-state index contributed by atoms with van der Waals surface area (Å²) in [4.78, 5) is 11.2. The number of hydrogen-bond donors (Lipinski definition) is 2. The minimum absolute atomic E-state index is 0.143. The maximum atomic E-state index is 11.8. The summed E-state index contributed by atoms with van der Waals surface area (Å²) in [5.74, 6) is -1.31. The van der Waals surface area contributed by atoms with Gasteiger partial charge in [0.25, 0.3) is 0 Å². The fraction of sp³-hybridized carbons (Fsp3) is 0.500. The number of carbonyl (C=O) groups is 1. The molecule has 118 valence electrons. The largest absolute Gasteiger partial charge is 0.480 e. The van der Waals surface area contributed by atoms with Crippen LogP contribution in [0.1, 0.15) is 18.4 Å². The zero-order chi connectivity index (χ0) is 15.7. The molecular formula is C14H21NO5S. The highest BCUT2D eigenvalue weighted by Crippen LogP contribution is 2.06. The van der Waals surface area contributed by atoms with Crippen LogP contribution in [0.5, 0.6) is 0 Å². The van der Waals surface area contributed by atoms with E-state index in [1.54, 1.807) is 0 Å². The SMILES string of the molecule is COCCCS(=O)(=O)NC(CCc1ccccc1)C(=O)O. The van der Waals surface area contributed by atoms with Crippen molar-refractivity contribution in [2.24, 2.45) is 0 Å². The Morgan fingerprint density at radius 3 is 2.57 bits per heavy atom. The van der Waals surface area contributed by atoms with Crippen molar-refractivity contribution in [1.29, 1.82) is 0 Å². The molecule has 0 radical (unpaired) electrons. The highest BCUT2D eigenvalue weighted by molar-refractivity contribution is 7.89. The lowest BCUT2D eigenvalue weighted by atomic mass is 10.1. The normalized spacial score (nSPS) is 13.0. The Labute approximate surface area is 125 Å². The lowest BCUT2D eigenvalue weighted by Gasteiger charge is -2.14. The van der Waals surface area contributed by atoms with Crippen LogP contribution in [0.25, 0.3) is 0 Å². The first-order chi connectivity index (χ1) is 9.94. The van der Waals surface area contributed by atoms with Gasteiger partial charge in [-0.15, -0.1) is 0 Å². The van der Waals surface area contributed by atoms with Gasteiger partial charge in [0.2, 0.25) is 10.0 Å². The Morgan fingerprint density at radius 2 is 2.00 bits per heavy atom. The molecule has 0 saturated heterocycles. The highest BCUT2D eigenvalue weighted by atomic mass is 32.2. The van der Waals surface area contributed by atoms with Gasteiger partial charge in [0.05, 0.1) is 5.75 Å². The van der Waals surface area contributed by atoms with E-state index >= 15 is 0 Å². The van der Waals surface area contributed by atoms with Gasteiger partial charge in [0.1, 0.15) is 6.04 Å². The molecule has 0 amide bonds. The van der Waals surface area contributed by atoms with Crippen molar-refractivity contribution in [2.75, 3.05) is 19.5 Å². The maximum Gasteiger partial charge on any atom is 0.321 e. The molecule has 7 heteroatoms. The molecule has 0 aliphatic heterocycles. The number of ether oxygens (including phenoxy) is 1. The molecule has 1 atom stereocenters. The van der Waals surface area contributed by atoms with E-state index in [2.05, 4.69) is 4.72 Å². The van der Waals surface area contributed by atoms with Gasteiger partial charge in [-0.05, 0) is 24.8 Å². The smallest absolute Gasteiger partial charge is 0.321 e. The van der Waals surface area contributed by atoms with Crippen LogP contribution < -0.4 is 4.72 Å². The predicted octanol–water partition coefficient (Wildman–Crippen LogP) is 1.03. The monoisotopic (exact) mass is 315 g/mol. The molecule has 21 heavy (non-hydrogen) atoms. The van der Waals surface area contributed by atoms with Gasteiger partial charge in [-0.2, -0.15) is 0 Å². The minimum atomic E-state index is -3.61. The molecule has 0 heterocycles. The number of aliphatic carboxylic acids is 1. The third-order valence-electron chi connectivity index (χ3n) is 2.95. The Kier molecular flexibility index (Phi) is 7.35. The molecule has 0 aliphatic carbocycles. The van der Waals surface area contributed by atoms with Gasteiger partial charge in [0, 0.05) is 13.7 Å². The number of rotatable bonds is 10. The van der Waals surface area contributed by atoms with Crippen LogP contribution in [0.4, 0.5) is 0 Å². The lowest BCUT2D eigenvalue weighted by molar-refractivity contribution is -0.139. The molecule has 0 saturated carbocycles. The molecule has 2 N–H and O–H groups in total. The Hall–Kier alpha value is -1.44. The molecule has 1 rings (SSSR count). The summed E-state index contributed by atoms with van der Waals surface area (Å²) in [5, 5.41) is 9.13. The van der Waals surface area contributed by atoms with E-state index in [1.807, 2.05) is 30.3 Å². The predicted molar refractivity (Wildman–Crippen MR) is 79.6 cm³/mol. The second kappa shape index (κ2) is 8.76. The quantitative estimate of drug-likeness (QED) is 0.629. The number of aryl methyl sites for hydroxylation is 1. The van der Waals surface area contributed by atoms with Crippen molar-refractivity contribution in [2.45, 2.75) is 25.3 Å². The van der Waals surface area contributed by atoms with Crippen molar-refractivity contribution >= 4 is 16.0 Å². The zero-order valence-corrected chi connectivity index (χ0v) is 12.8. The van der Waals surface area contributed by atoms with E-state index < -0.39 is 22.0 Å². The molecule has 1 aromatic carbocycles. The second-order valence-electron chi connectivity index (χ2n) is 4.70. The van der Waals surface area contributed by atoms with Crippen molar-refractivity contribution in [3.63, 3.8) is 0 Å². The van der Waals surface area contributed by atoms with E-state index in [-0.39, 0.29) is 12.2 Å². The first-order valence-corrected chi connectivity index (χ1v) is 8.35. The molecule has 1 aromatic rings. The summed E-state index contributed by atoms with van der Waals surface area (Å²) in [6, 6.07) is 8.24. The summed E-state index contributed by atoms with van der Waals surface area (Å²) >= 11 is 0. The molecule has 1 unspecified atom stereocenters. The summed E-state index contributed by atoms with van der Waals surface area (Å²) in [5.41, 5.74) is 0.974. The Bertz CT molecular complexity index is 530. The zero-order valence-electron chi connectivity index (χ0n) is 12.0. The van der Waals surface area contributed by atoms with E-state index in [1.165, 1.54) is 7.11 Å². The molecular weight excluding hydrogens is 294 g/mol. The van der Waals surface area contributed by atoms with Gasteiger partial charge >= 0.3 is 5.97 Å². The summed E-state index contributed by atoms with van der Waals surface area (Å²) in [6.07, 6.45) is 1.04. The molecule has 0 bridgehead atoms. The standard InChI is InChI=1S/C14H21NO5S/c1-20-10-5-11-21(18,19)15-13(14(16)17)9-8-12-6-3-2-4-7-12/h2-4,6-7,13,15H,5,8-11H2,1H3,(H,16,17). The average molecular weight is 315 g/mol. The van der Waals surface area contributed by atoms with Gasteiger partial charge in [0.15, 0.2) is 0 Å². The third kappa shape index (κ3) is 7.22. The lowest BCUT2D eigenvalue weighted by Crippen LogP contribution is -2.42. The number of sulfonamides is 1. The minimum Gasteiger partial charge on any atom is -0.480 e. The van der Waals surface area contributed by atoms with Crippen molar-refractivity contribution in [3.8, 4) is 0 Å². The van der Waals surface area contributed by atoms with Gasteiger partial charge in [-0.25, -0.2) is 13.1 Å². The summed E-state index contributed by atoms with van der Waals surface area (Å²) in [7, 11) is -2.13. The van der Waals surface area contributed by atoms with Crippen LogP contribution in [-0.2, 0) is 26.0 Å². The molecule has 6 nitrogen and oxygen atoms in total. The van der Waals surface area contributed by atoms with E-state index in [0.29, 0.717) is 19.4 Å². The second-order valence-corrected chi connectivity index (χ2v) is 6.57. The van der Waals surface area contributed by atoms with E-state index in [0.717, 1.165) is 5.56 Å². The third-order valence-corrected chi connectivity index (χ3v) is 4.42. The first kappa shape index (κ1) is 17.6. The van der Waals surface area contributed by atoms with Gasteiger partial charge in [-0.3, -0.25) is 4.79 Å². The number of hydrogen-bond acceptors (Lipinski definition) is 4. The first-order valence-electron chi connectivity index (χ1n) is 6.70. The van der Waals surface area contributed by atoms with Crippen LogP contribution in [0.15, 0.2) is 30.3 Å². The van der Waals surface area contributed by atoms with Crippen molar-refractivity contribution in [1.82, 2.24) is 4.72 Å². The number of carboxylic acids is 1. The van der Waals surface area contributed by atoms with E-state index in [4.69, 9.17) is 9.84 Å². The number of nitrogens with one attached hydrogen (secondary N) is 1. The molecule has 0 aromatic heterocycles. The number of benzene rings is 1. The molecule has 0 fully saturated rings. The average Bonchev–Trinajstić information content (AvgIpc) is 2.44. The Balaban J connectivity index is 2.55. The van der Waals surface area contributed by atoms with Crippen LogP contribution >= 0.6 is 0 Å². The summed E-state index contributed by atoms with van der Waals surface area (Å²) in [6.45, 7) is 0.322. The topological polar surface area (TPSA) is 92.7 Å². The van der Waals surface area contributed by atoms with Gasteiger partial charge < -0.3 is 9.84 Å². The molecule has 0 spiro atoms. The highest BCUT2D eigenvalue weighted by Gasteiger charge is 2.23. The van der Waals surface area contributed by atoms with Gasteiger partial charge in [-0.1, -0.05) is 30.3 Å². The van der Waals surface area contributed by atoms with Crippen molar-refractivity contribution in [3.05, 3.63) is 35.9 Å². The number of methoxy groups -OCH3 is 1. The van der Waals surface area contributed by atoms with Crippen LogP contribution in [0.2, 0.25) is 0 Å². The molecule has 0 aliphatic rings. The van der Waals surface area contributed by atoms with E-state index in [9.17, 15) is 13.2 Å². The number of carboxylic acid groups (broad SMARTS) is 1. The van der Waals surface area contributed by atoms with Crippen molar-refractivity contribution < 1.29 is 23.1 Å². The Morgan fingerprint density at radius 1 is 1.33 bits per heavy atom. The van der Waals surface area contributed by atoms with Crippen LogP contribution in [0.3, 0.4) is 0 Å². The summed E-state index contributed by atoms with van der Waals surface area (Å²) < 4.78 is 30.6. The maximum absolute atomic E-state index is 11.8. The van der Waals surface area contributed by atoms with Crippen LogP contribution in [0, 0.1) is 0 Å². The fourth-order valence-electron chi connectivity index (χ4n) is 1.86. The fourth-order valence-corrected chi connectivity index (χ4v) is 3.13.